The molecule has 2 aliphatic rings. The van der Waals surface area contributed by atoms with Crippen LogP contribution in [0.5, 0.6) is 0 Å². The van der Waals surface area contributed by atoms with Gasteiger partial charge in [0.2, 0.25) is 0 Å². The van der Waals surface area contributed by atoms with Gasteiger partial charge in [0, 0.05) is 17.7 Å². The molecule has 0 amide bonds. The highest BCUT2D eigenvalue weighted by Crippen LogP contribution is 2.43. The molecule has 1 saturated carbocycles. The fraction of sp³-hybridized carbons (Fsp3) is 0.353. The zero-order valence-electron chi connectivity index (χ0n) is 11.3. The van der Waals surface area contributed by atoms with Crippen molar-refractivity contribution < 1.29 is 4.79 Å². The summed E-state index contributed by atoms with van der Waals surface area (Å²) in [4.78, 5) is 12.2. The molecular weight excluding hydrogens is 234 g/mol. The average Bonchev–Trinajstić information content (AvgIpc) is 2.58. The highest BCUT2D eigenvalue weighted by atomic mass is 16.1. The number of Topliss-reactive ketones (excluding diaryl/α,β-unsaturated/α-hetero) is 1. The summed E-state index contributed by atoms with van der Waals surface area (Å²) in [5.41, 5.74) is 12.7. The molecule has 0 atom stereocenters. The molecule has 0 aliphatic heterocycles. The standard InChI is InChI=1S/C17H19NO/c1-11-9-15(12-5-4-6-13(18)10-12)14-7-2-3-8-16(19)17(11)14/h4-6,10H,2-3,7-9,18H2,1H3. The second-order valence-electron chi connectivity index (χ2n) is 5.54. The average molecular weight is 253 g/mol. The molecule has 0 bridgehead atoms. The minimum atomic E-state index is 0.337. The van der Waals surface area contributed by atoms with Gasteiger partial charge in [-0.25, -0.2) is 0 Å². The van der Waals surface area contributed by atoms with Crippen LogP contribution in [0.15, 0.2) is 41.0 Å². The van der Waals surface area contributed by atoms with Crippen molar-refractivity contribution in [2.24, 2.45) is 0 Å². The van der Waals surface area contributed by atoms with E-state index < -0.39 is 0 Å². The molecule has 2 nitrogen and oxygen atoms in total. The van der Waals surface area contributed by atoms with Gasteiger partial charge in [0.05, 0.1) is 0 Å². The zero-order valence-corrected chi connectivity index (χ0v) is 11.3. The highest BCUT2D eigenvalue weighted by molar-refractivity contribution is 6.05. The first-order chi connectivity index (χ1) is 9.16. The molecule has 1 aromatic carbocycles. The van der Waals surface area contributed by atoms with Crippen molar-refractivity contribution in [1.82, 2.24) is 0 Å². The first kappa shape index (κ1) is 12.2. The molecule has 2 N–H and O–H groups in total. The second kappa shape index (κ2) is 4.69. The van der Waals surface area contributed by atoms with E-state index in [1.54, 1.807) is 0 Å². The van der Waals surface area contributed by atoms with Crippen molar-refractivity contribution in [2.75, 3.05) is 5.73 Å². The number of allylic oxidation sites excluding steroid dienone is 4. The maximum absolute atomic E-state index is 12.2. The van der Waals surface area contributed by atoms with Gasteiger partial charge >= 0.3 is 0 Å². The molecule has 2 heteroatoms. The number of hydrogen-bond donors (Lipinski definition) is 1. The monoisotopic (exact) mass is 253 g/mol. The van der Waals surface area contributed by atoms with E-state index in [1.807, 2.05) is 18.2 Å². The normalized spacial score (nSPS) is 19.7. The van der Waals surface area contributed by atoms with Gasteiger partial charge in [-0.1, -0.05) is 17.7 Å². The molecule has 0 aromatic heterocycles. The maximum Gasteiger partial charge on any atom is 0.163 e. The van der Waals surface area contributed by atoms with Crippen LogP contribution in [0.25, 0.3) is 5.57 Å². The molecule has 0 unspecified atom stereocenters. The lowest BCUT2D eigenvalue weighted by Gasteiger charge is -2.09. The van der Waals surface area contributed by atoms with E-state index >= 15 is 0 Å². The van der Waals surface area contributed by atoms with E-state index in [0.29, 0.717) is 12.2 Å². The number of nitrogens with two attached hydrogens (primary N) is 1. The number of anilines is 1. The molecule has 1 aromatic rings. The molecule has 0 saturated heterocycles. The zero-order chi connectivity index (χ0) is 13.4. The predicted molar refractivity (Wildman–Crippen MR) is 78.6 cm³/mol. The van der Waals surface area contributed by atoms with Crippen LogP contribution >= 0.6 is 0 Å². The summed E-state index contributed by atoms with van der Waals surface area (Å²) >= 11 is 0. The first-order valence-electron chi connectivity index (χ1n) is 6.98. The summed E-state index contributed by atoms with van der Waals surface area (Å²) in [5, 5.41) is 0. The van der Waals surface area contributed by atoms with Crippen molar-refractivity contribution in [3.05, 3.63) is 46.5 Å². The van der Waals surface area contributed by atoms with E-state index in [9.17, 15) is 4.79 Å². The van der Waals surface area contributed by atoms with Gasteiger partial charge in [-0.05, 0) is 61.4 Å². The third-order valence-electron chi connectivity index (χ3n) is 4.13. The number of fused-ring (bicyclic) bond motifs is 1. The first-order valence-corrected chi connectivity index (χ1v) is 6.98. The predicted octanol–water partition coefficient (Wildman–Crippen LogP) is 3.89. The van der Waals surface area contributed by atoms with E-state index in [2.05, 4.69) is 13.0 Å². The number of hydrogen-bond acceptors (Lipinski definition) is 2. The van der Waals surface area contributed by atoms with Crippen molar-refractivity contribution in [3.63, 3.8) is 0 Å². The Labute approximate surface area is 114 Å². The van der Waals surface area contributed by atoms with Crippen LogP contribution in [-0.4, -0.2) is 5.78 Å². The molecule has 1 fully saturated rings. The highest BCUT2D eigenvalue weighted by Gasteiger charge is 2.28. The number of benzene rings is 1. The minimum absolute atomic E-state index is 0.337. The van der Waals surface area contributed by atoms with Gasteiger partial charge < -0.3 is 5.73 Å². The minimum Gasteiger partial charge on any atom is -0.399 e. The van der Waals surface area contributed by atoms with Gasteiger partial charge in [-0.2, -0.15) is 0 Å². The molecule has 0 spiro atoms. The van der Waals surface area contributed by atoms with Crippen LogP contribution in [0.1, 0.15) is 44.6 Å². The number of carbonyl (C=O) groups excluding carboxylic acids is 1. The summed E-state index contributed by atoms with van der Waals surface area (Å²) in [6.07, 6.45) is 4.77. The van der Waals surface area contributed by atoms with Crippen LogP contribution in [0, 0.1) is 0 Å². The molecular formula is C17H19NO. The van der Waals surface area contributed by atoms with Crippen molar-refractivity contribution in [2.45, 2.75) is 39.0 Å². The van der Waals surface area contributed by atoms with Gasteiger partial charge in [0.15, 0.2) is 5.78 Å². The van der Waals surface area contributed by atoms with Crippen LogP contribution in [0.3, 0.4) is 0 Å². The van der Waals surface area contributed by atoms with Gasteiger partial charge in [0.25, 0.3) is 0 Å². The lowest BCUT2D eigenvalue weighted by molar-refractivity contribution is -0.115. The van der Waals surface area contributed by atoms with E-state index in [-0.39, 0.29) is 0 Å². The summed E-state index contributed by atoms with van der Waals surface area (Å²) in [6.45, 7) is 2.10. The van der Waals surface area contributed by atoms with Crippen LogP contribution in [0.4, 0.5) is 5.69 Å². The van der Waals surface area contributed by atoms with Gasteiger partial charge in [-0.3, -0.25) is 4.79 Å². The number of nitrogen functional groups attached to an aromatic ring is 1. The van der Waals surface area contributed by atoms with Crippen molar-refractivity contribution >= 4 is 17.0 Å². The van der Waals surface area contributed by atoms with Crippen molar-refractivity contribution in [3.8, 4) is 0 Å². The van der Waals surface area contributed by atoms with Gasteiger partial charge in [-0.15, -0.1) is 0 Å². The van der Waals surface area contributed by atoms with E-state index in [1.165, 1.54) is 22.3 Å². The summed E-state index contributed by atoms with van der Waals surface area (Å²) in [5.74, 6) is 0.337. The molecule has 0 radical (unpaired) electrons. The smallest absolute Gasteiger partial charge is 0.163 e. The Hall–Kier alpha value is -1.83. The molecule has 2 aliphatic carbocycles. The summed E-state index contributed by atoms with van der Waals surface area (Å²) in [6, 6.07) is 8.02. The fourth-order valence-electron chi connectivity index (χ4n) is 3.27. The van der Waals surface area contributed by atoms with E-state index in [4.69, 9.17) is 5.73 Å². The second-order valence-corrected chi connectivity index (χ2v) is 5.54. The van der Waals surface area contributed by atoms with Crippen LogP contribution < -0.4 is 5.73 Å². The van der Waals surface area contributed by atoms with Crippen LogP contribution in [0.2, 0.25) is 0 Å². The Morgan fingerprint density at radius 3 is 2.68 bits per heavy atom. The third-order valence-corrected chi connectivity index (χ3v) is 4.13. The summed E-state index contributed by atoms with van der Waals surface area (Å²) in [7, 11) is 0. The number of ketones is 1. The van der Waals surface area contributed by atoms with Crippen LogP contribution in [-0.2, 0) is 4.79 Å². The Morgan fingerprint density at radius 1 is 1.11 bits per heavy atom. The number of rotatable bonds is 1. The van der Waals surface area contributed by atoms with Gasteiger partial charge in [0.1, 0.15) is 0 Å². The molecule has 0 heterocycles. The van der Waals surface area contributed by atoms with Crippen molar-refractivity contribution in [1.29, 1.82) is 0 Å². The quantitative estimate of drug-likeness (QED) is 0.772. The summed E-state index contributed by atoms with van der Waals surface area (Å²) < 4.78 is 0. The lowest BCUT2D eigenvalue weighted by atomic mass is 9.96. The topological polar surface area (TPSA) is 43.1 Å². The SMILES string of the molecule is CC1=C2C(=O)CCCCC2=C(c2cccc(N)c2)C1. The lowest BCUT2D eigenvalue weighted by Crippen LogP contribution is -2.01. The Balaban J connectivity index is 2.10. The Bertz CT molecular complexity index is 607. The molecule has 19 heavy (non-hydrogen) atoms. The largest absolute Gasteiger partial charge is 0.399 e. The Kier molecular flexibility index (Phi) is 3.02. The Morgan fingerprint density at radius 2 is 1.89 bits per heavy atom. The molecule has 3 rings (SSSR count). The number of carbonyl (C=O) groups is 1. The maximum atomic E-state index is 12.2. The molecule has 98 valence electrons. The third kappa shape index (κ3) is 2.12. The van der Waals surface area contributed by atoms with E-state index in [0.717, 1.165) is 36.9 Å². The fourth-order valence-corrected chi connectivity index (χ4v) is 3.27.